The third-order valence-electron chi connectivity index (χ3n) is 7.06. The Kier molecular flexibility index (Phi) is 7.53. The summed E-state index contributed by atoms with van der Waals surface area (Å²) < 4.78 is 8.93. The highest BCUT2D eigenvalue weighted by Crippen LogP contribution is 2.41. The zero-order valence-electron chi connectivity index (χ0n) is 20.3. The van der Waals surface area contributed by atoms with Gasteiger partial charge in [0.25, 0.3) is 0 Å². The number of hydrogen-bond acceptors (Lipinski definition) is 4. The van der Waals surface area contributed by atoms with Crippen molar-refractivity contribution >= 4 is 33.3 Å². The largest absolute Gasteiger partial charge is 0.379 e. The van der Waals surface area contributed by atoms with Gasteiger partial charge in [-0.2, -0.15) is 0 Å². The normalized spacial score (nSPS) is 20.9. The first-order valence-electron chi connectivity index (χ1n) is 12.3. The fraction of sp³-hybridized carbons (Fsp3) is 0.407. The van der Waals surface area contributed by atoms with E-state index in [-0.39, 0.29) is 12.1 Å². The van der Waals surface area contributed by atoms with Gasteiger partial charge in [0.05, 0.1) is 36.7 Å². The zero-order chi connectivity index (χ0) is 24.4. The molecule has 0 saturated carbocycles. The van der Waals surface area contributed by atoms with Gasteiger partial charge in [-0.15, -0.1) is 0 Å². The Morgan fingerprint density at radius 1 is 1.09 bits per heavy atom. The Bertz CT molecular complexity index is 1180. The van der Waals surface area contributed by atoms with Crippen LogP contribution in [-0.2, 0) is 4.74 Å². The number of nitrogens with zero attached hydrogens (tertiary/aromatic N) is 4. The molecular formula is C27H32BrN5OS. The molecule has 0 amide bonds. The van der Waals surface area contributed by atoms with E-state index in [0.29, 0.717) is 0 Å². The van der Waals surface area contributed by atoms with Crippen molar-refractivity contribution in [1.29, 1.82) is 0 Å². The van der Waals surface area contributed by atoms with Crippen LogP contribution in [0.5, 0.6) is 0 Å². The number of aryl methyl sites for hydroxylation is 1. The number of rotatable bonds is 7. The first-order chi connectivity index (χ1) is 17.0. The minimum Gasteiger partial charge on any atom is -0.379 e. The topological polar surface area (TPSA) is 45.6 Å². The minimum absolute atomic E-state index is 0.000232. The van der Waals surface area contributed by atoms with Crippen molar-refractivity contribution in [2.75, 3.05) is 39.4 Å². The molecule has 0 unspecified atom stereocenters. The van der Waals surface area contributed by atoms with Gasteiger partial charge in [0.15, 0.2) is 5.11 Å². The van der Waals surface area contributed by atoms with Crippen molar-refractivity contribution in [2.45, 2.75) is 32.4 Å². The molecule has 0 bridgehead atoms. The number of ether oxygens (including phenoxy) is 1. The Hall–Kier alpha value is -2.26. The highest BCUT2D eigenvalue weighted by Gasteiger charge is 2.41. The molecule has 1 aromatic carbocycles. The van der Waals surface area contributed by atoms with E-state index in [2.05, 4.69) is 91.9 Å². The predicted molar refractivity (Wildman–Crippen MR) is 147 cm³/mol. The molecule has 1 N–H and O–H groups in total. The molecule has 8 heteroatoms. The lowest BCUT2D eigenvalue weighted by Gasteiger charge is -2.30. The summed E-state index contributed by atoms with van der Waals surface area (Å²) in [5, 5.41) is 4.41. The van der Waals surface area contributed by atoms with E-state index in [0.717, 1.165) is 66.8 Å². The fourth-order valence-electron chi connectivity index (χ4n) is 5.37. The lowest BCUT2D eigenvalue weighted by molar-refractivity contribution is 0.0365. The molecule has 6 nitrogen and oxygen atoms in total. The second kappa shape index (κ2) is 10.8. The lowest BCUT2D eigenvalue weighted by Crippen LogP contribution is -2.39. The fourth-order valence-corrected chi connectivity index (χ4v) is 6.16. The standard InChI is InChI=1S/C27H32BrN5OS/c1-19-18-21(20(2)33(19)24-10-4-3-8-22(24)28)26-25(23-9-5-6-11-29-23)30-27(35)32(26)13-7-12-31-14-16-34-17-15-31/h3-6,8-11,18,25-26H,7,12-17H2,1-2H3,(H,30,35)/t25-,26+/m1/s1. The monoisotopic (exact) mass is 553 g/mol. The van der Waals surface area contributed by atoms with E-state index in [1.54, 1.807) is 0 Å². The first kappa shape index (κ1) is 24.4. The van der Waals surface area contributed by atoms with E-state index in [4.69, 9.17) is 21.9 Å². The molecule has 2 fully saturated rings. The summed E-state index contributed by atoms with van der Waals surface area (Å²) in [4.78, 5) is 9.57. The number of thiocarbonyl (C=S) groups is 1. The second-order valence-electron chi connectivity index (χ2n) is 9.24. The molecule has 0 radical (unpaired) electrons. The molecule has 2 saturated heterocycles. The maximum absolute atomic E-state index is 5.90. The summed E-state index contributed by atoms with van der Waals surface area (Å²) in [5.74, 6) is 0. The number of pyridine rings is 1. The van der Waals surface area contributed by atoms with Gasteiger partial charge in [0, 0.05) is 48.2 Å². The molecule has 0 spiro atoms. The van der Waals surface area contributed by atoms with Crippen LogP contribution in [0.2, 0.25) is 0 Å². The van der Waals surface area contributed by atoms with E-state index in [9.17, 15) is 0 Å². The number of morpholine rings is 1. The zero-order valence-corrected chi connectivity index (χ0v) is 22.7. The molecule has 0 aliphatic carbocycles. The highest BCUT2D eigenvalue weighted by molar-refractivity contribution is 9.10. The van der Waals surface area contributed by atoms with Crippen LogP contribution in [0.4, 0.5) is 0 Å². The number of nitrogens with one attached hydrogen (secondary N) is 1. The molecule has 4 heterocycles. The molecule has 184 valence electrons. The van der Waals surface area contributed by atoms with Gasteiger partial charge in [0.1, 0.15) is 0 Å². The molecule has 2 atom stereocenters. The molecule has 3 aromatic rings. The van der Waals surface area contributed by atoms with Crippen molar-refractivity contribution < 1.29 is 4.74 Å². The van der Waals surface area contributed by atoms with Crippen LogP contribution in [0.25, 0.3) is 5.69 Å². The van der Waals surface area contributed by atoms with Gasteiger partial charge in [-0.1, -0.05) is 18.2 Å². The van der Waals surface area contributed by atoms with Gasteiger partial charge in [-0.25, -0.2) is 0 Å². The summed E-state index contributed by atoms with van der Waals surface area (Å²) in [6, 6.07) is 16.9. The summed E-state index contributed by atoms with van der Waals surface area (Å²) in [6.07, 6.45) is 2.92. The lowest BCUT2D eigenvalue weighted by atomic mass is 9.96. The number of halogens is 1. The molecule has 2 aliphatic rings. The van der Waals surface area contributed by atoms with Crippen LogP contribution in [0.15, 0.2) is 59.2 Å². The number of hydrogen-bond donors (Lipinski definition) is 1. The van der Waals surface area contributed by atoms with Crippen molar-refractivity contribution in [3.05, 3.63) is 81.8 Å². The van der Waals surface area contributed by atoms with E-state index >= 15 is 0 Å². The Morgan fingerprint density at radius 3 is 2.60 bits per heavy atom. The number of benzene rings is 1. The number of aromatic nitrogens is 2. The van der Waals surface area contributed by atoms with Crippen LogP contribution in [-0.4, -0.2) is 63.9 Å². The minimum atomic E-state index is 0.000232. The molecule has 5 rings (SSSR count). The average Bonchev–Trinajstić information content (AvgIpc) is 3.35. The summed E-state index contributed by atoms with van der Waals surface area (Å²) in [6.45, 7) is 10.0. The molecular weight excluding hydrogens is 522 g/mol. The number of para-hydroxylation sites is 1. The van der Waals surface area contributed by atoms with Gasteiger partial charge < -0.3 is 19.5 Å². The second-order valence-corrected chi connectivity index (χ2v) is 10.5. The van der Waals surface area contributed by atoms with Crippen molar-refractivity contribution in [1.82, 2.24) is 24.7 Å². The third-order valence-corrected chi connectivity index (χ3v) is 8.08. The van der Waals surface area contributed by atoms with E-state index < -0.39 is 0 Å². The van der Waals surface area contributed by atoms with E-state index in [1.165, 1.54) is 17.0 Å². The van der Waals surface area contributed by atoms with Crippen LogP contribution in [0, 0.1) is 13.8 Å². The molecule has 2 aliphatic heterocycles. The average molecular weight is 555 g/mol. The maximum atomic E-state index is 5.90. The highest BCUT2D eigenvalue weighted by atomic mass is 79.9. The van der Waals surface area contributed by atoms with Crippen molar-refractivity contribution in [3.8, 4) is 5.69 Å². The SMILES string of the molecule is Cc1cc([C@H]2[C@@H](c3ccccn3)NC(=S)N2CCCN2CCOCC2)c(C)n1-c1ccccc1Br. The summed E-state index contributed by atoms with van der Waals surface area (Å²) in [5.41, 5.74) is 5.88. The Labute approximate surface area is 221 Å². The van der Waals surface area contributed by atoms with Gasteiger partial charge in [0.2, 0.25) is 0 Å². The maximum Gasteiger partial charge on any atom is 0.170 e. The summed E-state index contributed by atoms with van der Waals surface area (Å²) >= 11 is 9.65. The Morgan fingerprint density at radius 2 is 1.86 bits per heavy atom. The van der Waals surface area contributed by atoms with Crippen LogP contribution in [0.1, 0.15) is 41.1 Å². The van der Waals surface area contributed by atoms with Crippen LogP contribution < -0.4 is 5.32 Å². The smallest absolute Gasteiger partial charge is 0.170 e. The molecule has 35 heavy (non-hydrogen) atoms. The quantitative estimate of drug-likeness (QED) is 0.418. The van der Waals surface area contributed by atoms with Crippen LogP contribution in [0.3, 0.4) is 0 Å². The van der Waals surface area contributed by atoms with Crippen molar-refractivity contribution in [2.24, 2.45) is 0 Å². The van der Waals surface area contributed by atoms with Gasteiger partial charge in [-0.3, -0.25) is 9.88 Å². The van der Waals surface area contributed by atoms with Gasteiger partial charge in [-0.05, 0) is 84.3 Å². The Balaban J connectivity index is 1.48. The molecule has 2 aromatic heterocycles. The van der Waals surface area contributed by atoms with Gasteiger partial charge >= 0.3 is 0 Å². The first-order valence-corrected chi connectivity index (χ1v) is 13.5. The predicted octanol–water partition coefficient (Wildman–Crippen LogP) is 4.95. The van der Waals surface area contributed by atoms with Crippen molar-refractivity contribution in [3.63, 3.8) is 0 Å². The van der Waals surface area contributed by atoms with E-state index in [1.807, 2.05) is 12.3 Å². The third kappa shape index (κ3) is 5.03. The summed E-state index contributed by atoms with van der Waals surface area (Å²) in [7, 11) is 0. The van der Waals surface area contributed by atoms with Crippen LogP contribution >= 0.6 is 28.1 Å².